The second-order valence-corrected chi connectivity index (χ2v) is 9.46. The van der Waals surface area contributed by atoms with Crippen molar-refractivity contribution < 1.29 is 13.9 Å². The predicted octanol–water partition coefficient (Wildman–Crippen LogP) is 5.45. The first-order valence-corrected chi connectivity index (χ1v) is 13.0. The van der Waals surface area contributed by atoms with Crippen molar-refractivity contribution in [3.8, 4) is 11.5 Å². The Hall–Kier alpha value is -5.39. The van der Waals surface area contributed by atoms with Gasteiger partial charge in [0, 0.05) is 43.8 Å². The maximum Gasteiger partial charge on any atom is 0.245 e. The Kier molecular flexibility index (Phi) is 7.18. The number of ether oxygens (including phenoxy) is 1. The number of carbonyl (C=O) groups excluding carboxylic acids is 1. The van der Waals surface area contributed by atoms with Gasteiger partial charge >= 0.3 is 0 Å². The summed E-state index contributed by atoms with van der Waals surface area (Å²) in [6.45, 7) is 4.87. The van der Waals surface area contributed by atoms with Gasteiger partial charge in [0.05, 0.1) is 11.1 Å². The zero-order valence-corrected chi connectivity index (χ0v) is 21.9. The van der Waals surface area contributed by atoms with Gasteiger partial charge in [-0.15, -0.1) is 0 Å². The number of hydrogen-bond donors (Lipinski definition) is 3. The van der Waals surface area contributed by atoms with E-state index < -0.39 is 5.82 Å². The monoisotopic (exact) mass is 551 g/mol. The van der Waals surface area contributed by atoms with Crippen LogP contribution in [0.2, 0.25) is 0 Å². The topological polar surface area (TPSA) is 134 Å². The van der Waals surface area contributed by atoms with E-state index >= 15 is 4.39 Å². The third-order valence-electron chi connectivity index (χ3n) is 6.92. The molecule has 0 radical (unpaired) electrons. The Labute approximate surface area is 234 Å². The van der Waals surface area contributed by atoms with E-state index in [4.69, 9.17) is 4.74 Å². The number of aromatic amines is 1. The molecule has 1 aromatic carbocycles. The lowest BCUT2D eigenvalue weighted by Gasteiger charge is -2.31. The number of nitrogens with zero attached hydrogens (tertiary/aromatic N) is 6. The zero-order chi connectivity index (χ0) is 28.2. The van der Waals surface area contributed by atoms with Gasteiger partial charge in [0.25, 0.3) is 0 Å². The molecule has 12 heteroatoms. The van der Waals surface area contributed by atoms with Crippen LogP contribution in [0.4, 0.5) is 27.5 Å². The maximum absolute atomic E-state index is 15.3. The molecule has 206 valence electrons. The number of rotatable bonds is 8. The van der Waals surface area contributed by atoms with Crippen molar-refractivity contribution in [2.75, 3.05) is 23.7 Å². The summed E-state index contributed by atoms with van der Waals surface area (Å²) in [5, 5.41) is 7.01. The van der Waals surface area contributed by atoms with Gasteiger partial charge in [0.2, 0.25) is 5.91 Å². The summed E-state index contributed by atoms with van der Waals surface area (Å²) < 4.78 is 21.1. The normalized spacial score (nSPS) is 13.6. The van der Waals surface area contributed by atoms with Crippen LogP contribution in [0.1, 0.15) is 24.3 Å². The van der Waals surface area contributed by atoms with E-state index in [0.29, 0.717) is 47.7 Å². The number of halogens is 1. The minimum Gasteiger partial charge on any atom is -0.457 e. The highest BCUT2D eigenvalue weighted by molar-refractivity contribution is 5.92. The number of nitrogens with one attached hydrogen (secondary N) is 3. The molecular weight excluding hydrogens is 525 g/mol. The van der Waals surface area contributed by atoms with Crippen molar-refractivity contribution in [3.63, 3.8) is 0 Å². The Morgan fingerprint density at radius 1 is 1.00 bits per heavy atom. The van der Waals surface area contributed by atoms with Gasteiger partial charge in [-0.05, 0) is 54.7 Å². The van der Waals surface area contributed by atoms with Gasteiger partial charge < -0.3 is 25.3 Å². The average molecular weight is 552 g/mol. The number of piperidine rings is 1. The first-order valence-electron chi connectivity index (χ1n) is 13.0. The lowest BCUT2D eigenvalue weighted by molar-refractivity contribution is -0.127. The molecule has 4 aromatic heterocycles. The van der Waals surface area contributed by atoms with Crippen LogP contribution in [-0.2, 0) is 4.79 Å². The number of fused-ring (bicyclic) bond motifs is 1. The largest absolute Gasteiger partial charge is 0.457 e. The van der Waals surface area contributed by atoms with E-state index in [-0.39, 0.29) is 17.5 Å². The minimum absolute atomic E-state index is 0.0562. The molecule has 1 fully saturated rings. The number of hydrogen-bond acceptors (Lipinski definition) is 9. The number of likely N-dealkylation sites (tertiary alicyclic amines) is 1. The Balaban J connectivity index is 1.18. The fourth-order valence-corrected chi connectivity index (χ4v) is 4.91. The quantitative estimate of drug-likeness (QED) is 0.215. The van der Waals surface area contributed by atoms with E-state index in [2.05, 4.69) is 47.1 Å². The Bertz CT molecular complexity index is 1700. The third kappa shape index (κ3) is 5.66. The molecule has 1 saturated heterocycles. The van der Waals surface area contributed by atoms with Crippen LogP contribution in [-0.4, -0.2) is 53.8 Å². The lowest BCUT2D eigenvalue weighted by atomic mass is 9.89. The molecule has 5 heterocycles. The van der Waals surface area contributed by atoms with E-state index in [0.717, 1.165) is 23.8 Å². The summed E-state index contributed by atoms with van der Waals surface area (Å²) in [6, 6.07) is 9.67. The van der Waals surface area contributed by atoms with Crippen LogP contribution in [0.5, 0.6) is 11.5 Å². The molecular formula is C29H26FN9O2. The van der Waals surface area contributed by atoms with E-state index in [1.807, 2.05) is 6.20 Å². The SMILES string of the molecule is C=CC(=O)N1CCC(c2c[nH]c3ncnc(Nc4ccc(Oc5ccnc(Nc6ccncn6)c5)cc4F)c23)CC1. The molecule has 41 heavy (non-hydrogen) atoms. The number of carbonyl (C=O) groups is 1. The molecule has 0 atom stereocenters. The molecule has 11 nitrogen and oxygen atoms in total. The number of pyridine rings is 1. The molecule has 0 bridgehead atoms. The highest BCUT2D eigenvalue weighted by atomic mass is 19.1. The molecule has 1 amide bonds. The lowest BCUT2D eigenvalue weighted by Crippen LogP contribution is -2.36. The molecule has 1 aliphatic heterocycles. The van der Waals surface area contributed by atoms with Crippen molar-refractivity contribution in [1.82, 2.24) is 34.8 Å². The Morgan fingerprint density at radius 2 is 1.85 bits per heavy atom. The Morgan fingerprint density at radius 3 is 2.63 bits per heavy atom. The van der Waals surface area contributed by atoms with E-state index in [1.54, 1.807) is 47.6 Å². The molecule has 3 N–H and O–H groups in total. The van der Waals surface area contributed by atoms with Gasteiger partial charge in [0.15, 0.2) is 0 Å². The van der Waals surface area contributed by atoms with Gasteiger partial charge in [-0.3, -0.25) is 4.79 Å². The summed E-state index contributed by atoms with van der Waals surface area (Å²) in [5.74, 6) is 2.05. The smallest absolute Gasteiger partial charge is 0.245 e. The maximum atomic E-state index is 15.3. The summed E-state index contributed by atoms with van der Waals surface area (Å²) in [4.78, 5) is 38.0. The van der Waals surface area contributed by atoms with Crippen LogP contribution in [0.3, 0.4) is 0 Å². The zero-order valence-electron chi connectivity index (χ0n) is 21.9. The highest BCUT2D eigenvalue weighted by Crippen LogP contribution is 2.37. The molecule has 0 spiro atoms. The van der Waals surface area contributed by atoms with E-state index in [1.165, 1.54) is 24.8 Å². The van der Waals surface area contributed by atoms with Gasteiger partial charge in [-0.1, -0.05) is 6.58 Å². The molecule has 0 aliphatic carbocycles. The third-order valence-corrected chi connectivity index (χ3v) is 6.92. The summed E-state index contributed by atoms with van der Waals surface area (Å²) in [6.07, 6.45) is 10.9. The number of benzene rings is 1. The number of aromatic nitrogens is 6. The molecule has 0 unspecified atom stereocenters. The summed E-state index contributed by atoms with van der Waals surface area (Å²) >= 11 is 0. The fraction of sp³-hybridized carbons (Fsp3) is 0.172. The van der Waals surface area contributed by atoms with Gasteiger partial charge in [-0.2, -0.15) is 0 Å². The standard InChI is InChI=1S/C29H26FN9O2/c1-2-26(40)39-11-7-18(8-12-39)21-15-33-28-27(21)29(36-17-35-28)37-23-4-3-19(13-22(23)30)41-20-5-10-32-25(14-20)38-24-6-9-31-16-34-24/h2-6,9-10,13-18H,1,7-8,11-12H2,(H,31,32,34,38)(H2,33,35,36,37). The van der Waals surface area contributed by atoms with Crippen molar-refractivity contribution in [3.05, 3.63) is 91.7 Å². The minimum atomic E-state index is -0.504. The highest BCUT2D eigenvalue weighted by Gasteiger charge is 2.26. The predicted molar refractivity (Wildman–Crippen MR) is 152 cm³/mol. The number of anilines is 4. The van der Waals surface area contributed by atoms with Crippen LogP contribution in [0.25, 0.3) is 11.0 Å². The molecule has 0 saturated carbocycles. The average Bonchev–Trinajstić information content (AvgIpc) is 3.44. The van der Waals surface area contributed by atoms with Crippen LogP contribution < -0.4 is 15.4 Å². The first-order chi connectivity index (χ1) is 20.1. The number of H-pyrrole nitrogens is 1. The molecule has 5 aromatic rings. The van der Waals surface area contributed by atoms with Crippen molar-refractivity contribution in [1.29, 1.82) is 0 Å². The molecule has 1 aliphatic rings. The van der Waals surface area contributed by atoms with E-state index in [9.17, 15) is 4.79 Å². The van der Waals surface area contributed by atoms with Crippen molar-refractivity contribution in [2.24, 2.45) is 0 Å². The second kappa shape index (κ2) is 11.4. The van der Waals surface area contributed by atoms with Gasteiger partial charge in [-0.25, -0.2) is 29.3 Å². The van der Waals surface area contributed by atoms with Crippen LogP contribution in [0.15, 0.2) is 80.3 Å². The molecule has 6 rings (SSSR count). The first kappa shape index (κ1) is 25.9. The summed E-state index contributed by atoms with van der Waals surface area (Å²) in [5.41, 5.74) is 1.95. The summed E-state index contributed by atoms with van der Waals surface area (Å²) in [7, 11) is 0. The van der Waals surface area contributed by atoms with Gasteiger partial charge in [0.1, 0.15) is 53.1 Å². The second-order valence-electron chi connectivity index (χ2n) is 9.46. The number of amides is 1. The van der Waals surface area contributed by atoms with Crippen LogP contribution >= 0.6 is 0 Å². The van der Waals surface area contributed by atoms with Crippen LogP contribution in [0, 0.1) is 5.82 Å². The fourth-order valence-electron chi connectivity index (χ4n) is 4.91. The van der Waals surface area contributed by atoms with Crippen molar-refractivity contribution in [2.45, 2.75) is 18.8 Å². The van der Waals surface area contributed by atoms with Crippen molar-refractivity contribution >= 4 is 40.1 Å².